The zero-order chi connectivity index (χ0) is 18.6. The van der Waals surface area contributed by atoms with E-state index in [0.29, 0.717) is 0 Å². The van der Waals surface area contributed by atoms with Crippen LogP contribution in [0.2, 0.25) is 0 Å². The van der Waals surface area contributed by atoms with Gasteiger partial charge in [0.25, 0.3) is 5.91 Å². The number of hydrogen-bond donors (Lipinski definition) is 0. The second-order valence-electron chi connectivity index (χ2n) is 6.60. The molecule has 0 atom stereocenters. The second kappa shape index (κ2) is 8.26. The van der Waals surface area contributed by atoms with E-state index in [1.807, 2.05) is 58.0 Å². The number of carbonyl (C=O) groups is 1. The molecule has 2 aromatic heterocycles. The fraction of sp³-hybridized carbons (Fsp3) is 0.300. The summed E-state index contributed by atoms with van der Waals surface area (Å²) in [6.07, 6.45) is 4.08. The lowest BCUT2D eigenvalue weighted by Crippen LogP contribution is -2.49. The molecule has 0 radical (unpaired) electrons. The lowest BCUT2D eigenvalue weighted by molar-refractivity contribution is -0.135. The van der Waals surface area contributed by atoms with Gasteiger partial charge in [0.1, 0.15) is 11.4 Å². The largest absolute Gasteiger partial charge is 0.484 e. The van der Waals surface area contributed by atoms with E-state index in [4.69, 9.17) is 4.74 Å². The first-order chi connectivity index (χ1) is 13.2. The van der Waals surface area contributed by atoms with Crippen LogP contribution in [0.15, 0.2) is 54.9 Å². The van der Waals surface area contributed by atoms with Gasteiger partial charge in [-0.15, -0.1) is 0 Å². The number of hydrogen-bond acceptors (Lipinski definition) is 4. The Morgan fingerprint density at radius 2 is 1.85 bits per heavy atom. The first-order valence-electron chi connectivity index (χ1n) is 8.98. The van der Waals surface area contributed by atoms with Gasteiger partial charge in [-0.05, 0) is 59.0 Å². The van der Waals surface area contributed by atoms with Crippen LogP contribution in [0.5, 0.6) is 5.75 Å². The lowest BCUT2D eigenvalue weighted by atomic mass is 10.3. The third-order valence-electron chi connectivity index (χ3n) is 4.70. The molecule has 0 saturated carbocycles. The zero-order valence-electron chi connectivity index (χ0n) is 14.9. The highest BCUT2D eigenvalue weighted by molar-refractivity contribution is 14.1. The van der Waals surface area contributed by atoms with Crippen molar-refractivity contribution in [2.75, 3.05) is 32.8 Å². The number of fused-ring (bicyclic) bond motifs is 1. The molecule has 1 aliphatic rings. The van der Waals surface area contributed by atoms with Gasteiger partial charge in [0.15, 0.2) is 6.61 Å². The smallest absolute Gasteiger partial charge is 0.260 e. The number of benzene rings is 1. The molecular weight excluding hydrogens is 455 g/mol. The Kier molecular flexibility index (Phi) is 5.58. The molecule has 1 fully saturated rings. The first kappa shape index (κ1) is 18.2. The number of pyridine rings is 1. The van der Waals surface area contributed by atoms with Crippen LogP contribution < -0.4 is 4.74 Å². The van der Waals surface area contributed by atoms with Crippen LogP contribution in [0.1, 0.15) is 5.69 Å². The number of carbonyl (C=O) groups excluding carboxylic acids is 1. The summed E-state index contributed by atoms with van der Waals surface area (Å²) in [7, 11) is 0. The Labute approximate surface area is 171 Å². The molecule has 1 aromatic carbocycles. The number of imidazole rings is 1. The number of rotatable bonds is 5. The number of aromatic nitrogens is 2. The predicted molar refractivity (Wildman–Crippen MR) is 112 cm³/mol. The molecule has 1 amide bonds. The fourth-order valence-corrected chi connectivity index (χ4v) is 3.57. The van der Waals surface area contributed by atoms with Gasteiger partial charge in [0, 0.05) is 48.7 Å². The Balaban J connectivity index is 1.25. The Morgan fingerprint density at radius 3 is 2.59 bits per heavy atom. The fourth-order valence-electron chi connectivity index (χ4n) is 3.22. The highest BCUT2D eigenvalue weighted by Gasteiger charge is 2.22. The van der Waals surface area contributed by atoms with Gasteiger partial charge in [-0.3, -0.25) is 9.69 Å². The topological polar surface area (TPSA) is 50.1 Å². The molecule has 3 heterocycles. The summed E-state index contributed by atoms with van der Waals surface area (Å²) >= 11 is 2.25. The number of piperazine rings is 1. The molecule has 0 spiro atoms. The van der Waals surface area contributed by atoms with E-state index < -0.39 is 0 Å². The maximum atomic E-state index is 12.4. The SMILES string of the molecule is O=C(COc1ccc(I)cc1)N1CCN(Cc2cn3ccccc3n2)CC1. The molecule has 3 aromatic rings. The maximum absolute atomic E-state index is 12.4. The van der Waals surface area contributed by atoms with Gasteiger partial charge < -0.3 is 14.0 Å². The van der Waals surface area contributed by atoms with E-state index >= 15 is 0 Å². The van der Waals surface area contributed by atoms with Crippen LogP contribution in [0.3, 0.4) is 0 Å². The van der Waals surface area contributed by atoms with Crippen LogP contribution in [-0.2, 0) is 11.3 Å². The molecule has 6 nitrogen and oxygen atoms in total. The van der Waals surface area contributed by atoms with E-state index in [1.165, 1.54) is 0 Å². The summed E-state index contributed by atoms with van der Waals surface area (Å²) in [6.45, 7) is 4.05. The predicted octanol–water partition coefficient (Wildman–Crippen LogP) is 2.66. The number of amides is 1. The molecule has 4 rings (SSSR count). The molecule has 0 unspecified atom stereocenters. The van der Waals surface area contributed by atoms with Gasteiger partial charge in [-0.1, -0.05) is 6.07 Å². The third-order valence-corrected chi connectivity index (χ3v) is 5.42. The minimum atomic E-state index is 0.0425. The minimum Gasteiger partial charge on any atom is -0.484 e. The van der Waals surface area contributed by atoms with E-state index in [1.54, 1.807) is 0 Å². The van der Waals surface area contributed by atoms with Crippen LogP contribution in [0, 0.1) is 3.57 Å². The van der Waals surface area contributed by atoms with E-state index in [2.05, 4.69) is 38.7 Å². The van der Waals surface area contributed by atoms with Crippen LogP contribution in [0.4, 0.5) is 0 Å². The van der Waals surface area contributed by atoms with Gasteiger partial charge in [0.05, 0.1) is 5.69 Å². The number of ether oxygens (including phenoxy) is 1. The standard InChI is InChI=1S/C20H21IN4O2/c21-16-4-6-18(7-5-16)27-15-20(26)24-11-9-23(10-12-24)13-17-14-25-8-2-1-3-19(25)22-17/h1-8,14H,9-13,15H2. The van der Waals surface area contributed by atoms with Crippen molar-refractivity contribution in [1.29, 1.82) is 0 Å². The van der Waals surface area contributed by atoms with E-state index in [-0.39, 0.29) is 12.5 Å². The molecule has 140 valence electrons. The van der Waals surface area contributed by atoms with Crippen molar-refractivity contribution in [3.05, 3.63) is 64.1 Å². The monoisotopic (exact) mass is 476 g/mol. The molecule has 0 N–H and O–H groups in total. The Hall–Kier alpha value is -2.13. The van der Waals surface area contributed by atoms with Crippen molar-refractivity contribution in [2.45, 2.75) is 6.54 Å². The van der Waals surface area contributed by atoms with Crippen molar-refractivity contribution >= 4 is 34.1 Å². The van der Waals surface area contributed by atoms with Gasteiger partial charge in [-0.25, -0.2) is 4.98 Å². The van der Waals surface area contributed by atoms with Crippen molar-refractivity contribution in [3.63, 3.8) is 0 Å². The van der Waals surface area contributed by atoms with Gasteiger partial charge in [0.2, 0.25) is 0 Å². The summed E-state index contributed by atoms with van der Waals surface area (Å²) in [5.74, 6) is 0.773. The molecule has 1 saturated heterocycles. The number of nitrogens with zero attached hydrogens (tertiary/aromatic N) is 4. The molecule has 0 bridgehead atoms. The molecule has 27 heavy (non-hydrogen) atoms. The van der Waals surface area contributed by atoms with Crippen LogP contribution in [-0.4, -0.2) is 57.9 Å². The van der Waals surface area contributed by atoms with E-state index in [0.717, 1.165) is 53.4 Å². The third kappa shape index (κ3) is 4.59. The van der Waals surface area contributed by atoms with Crippen molar-refractivity contribution in [3.8, 4) is 5.75 Å². The Morgan fingerprint density at radius 1 is 1.07 bits per heavy atom. The van der Waals surface area contributed by atoms with Crippen molar-refractivity contribution in [2.24, 2.45) is 0 Å². The van der Waals surface area contributed by atoms with Crippen LogP contribution in [0.25, 0.3) is 5.65 Å². The normalized spacial score (nSPS) is 15.2. The summed E-state index contributed by atoms with van der Waals surface area (Å²) in [4.78, 5) is 21.3. The molecule has 1 aliphatic heterocycles. The van der Waals surface area contributed by atoms with Gasteiger partial charge >= 0.3 is 0 Å². The van der Waals surface area contributed by atoms with Crippen molar-refractivity contribution in [1.82, 2.24) is 19.2 Å². The Bertz CT molecular complexity index is 884. The maximum Gasteiger partial charge on any atom is 0.260 e. The average molecular weight is 476 g/mol. The zero-order valence-corrected chi connectivity index (χ0v) is 17.1. The lowest BCUT2D eigenvalue weighted by Gasteiger charge is -2.34. The number of halogens is 1. The second-order valence-corrected chi connectivity index (χ2v) is 7.84. The quantitative estimate of drug-likeness (QED) is 0.532. The average Bonchev–Trinajstić information content (AvgIpc) is 3.10. The molecular formula is C20H21IN4O2. The minimum absolute atomic E-state index is 0.0425. The summed E-state index contributed by atoms with van der Waals surface area (Å²) in [5.41, 5.74) is 2.03. The summed E-state index contributed by atoms with van der Waals surface area (Å²) < 4.78 is 8.80. The molecule has 7 heteroatoms. The summed E-state index contributed by atoms with van der Waals surface area (Å²) in [5, 5.41) is 0. The highest BCUT2D eigenvalue weighted by atomic mass is 127. The highest BCUT2D eigenvalue weighted by Crippen LogP contribution is 2.14. The van der Waals surface area contributed by atoms with E-state index in [9.17, 15) is 4.79 Å². The molecule has 0 aliphatic carbocycles. The van der Waals surface area contributed by atoms with Gasteiger partial charge in [-0.2, -0.15) is 0 Å². The van der Waals surface area contributed by atoms with Crippen molar-refractivity contribution < 1.29 is 9.53 Å². The summed E-state index contributed by atoms with van der Waals surface area (Å²) in [6, 6.07) is 13.7. The first-order valence-corrected chi connectivity index (χ1v) is 10.1. The van der Waals surface area contributed by atoms with Crippen LogP contribution >= 0.6 is 22.6 Å².